The van der Waals surface area contributed by atoms with Crippen LogP contribution in [0.5, 0.6) is 0 Å². The SMILES string of the molecule is CC(NC(=O)Cc1cccc(Br)c1)(C(=O)O)C(F)(F)F. The molecule has 0 heterocycles. The van der Waals surface area contributed by atoms with Crippen molar-refractivity contribution in [1.82, 2.24) is 5.32 Å². The molecular formula is C12H11BrF3NO3. The van der Waals surface area contributed by atoms with Gasteiger partial charge < -0.3 is 10.4 Å². The summed E-state index contributed by atoms with van der Waals surface area (Å²) in [5, 5.41) is 10.2. The zero-order valence-electron chi connectivity index (χ0n) is 10.3. The van der Waals surface area contributed by atoms with Gasteiger partial charge in [0.15, 0.2) is 0 Å². The minimum atomic E-state index is -5.09. The van der Waals surface area contributed by atoms with Crippen molar-refractivity contribution in [1.29, 1.82) is 0 Å². The van der Waals surface area contributed by atoms with Crippen LogP contribution in [0.4, 0.5) is 13.2 Å². The molecule has 0 saturated heterocycles. The third-order valence-electron chi connectivity index (χ3n) is 2.64. The highest BCUT2D eigenvalue weighted by Crippen LogP contribution is 2.30. The second-order valence-electron chi connectivity index (χ2n) is 4.28. The summed E-state index contributed by atoms with van der Waals surface area (Å²) in [5.41, 5.74) is -2.84. The van der Waals surface area contributed by atoms with Crippen LogP contribution in [0, 0.1) is 0 Å². The molecule has 110 valence electrons. The van der Waals surface area contributed by atoms with Gasteiger partial charge in [0.2, 0.25) is 11.4 Å². The number of carboxylic acids is 1. The molecule has 0 spiro atoms. The maximum atomic E-state index is 12.7. The van der Waals surface area contributed by atoms with Crippen molar-refractivity contribution in [2.45, 2.75) is 25.1 Å². The van der Waals surface area contributed by atoms with Crippen LogP contribution in [0.25, 0.3) is 0 Å². The van der Waals surface area contributed by atoms with Crippen molar-refractivity contribution in [3.63, 3.8) is 0 Å². The summed E-state index contributed by atoms with van der Waals surface area (Å²) in [5.74, 6) is -3.18. The van der Waals surface area contributed by atoms with Crippen LogP contribution in [0.1, 0.15) is 12.5 Å². The van der Waals surface area contributed by atoms with Gasteiger partial charge in [-0.3, -0.25) is 4.79 Å². The Balaban J connectivity index is 2.86. The average Bonchev–Trinajstić information content (AvgIpc) is 2.26. The molecule has 0 radical (unpaired) electrons. The van der Waals surface area contributed by atoms with E-state index in [4.69, 9.17) is 5.11 Å². The van der Waals surface area contributed by atoms with Gasteiger partial charge in [0, 0.05) is 4.47 Å². The van der Waals surface area contributed by atoms with Crippen molar-refractivity contribution in [2.75, 3.05) is 0 Å². The molecule has 0 aromatic heterocycles. The summed E-state index contributed by atoms with van der Waals surface area (Å²) in [4.78, 5) is 22.4. The molecule has 1 amide bonds. The molecule has 1 unspecified atom stereocenters. The second kappa shape index (κ2) is 5.82. The molecule has 0 aliphatic carbocycles. The van der Waals surface area contributed by atoms with Crippen LogP contribution in [-0.4, -0.2) is 28.7 Å². The summed E-state index contributed by atoms with van der Waals surface area (Å²) in [7, 11) is 0. The second-order valence-corrected chi connectivity index (χ2v) is 5.20. The molecule has 0 aliphatic rings. The molecule has 20 heavy (non-hydrogen) atoms. The molecule has 2 N–H and O–H groups in total. The van der Waals surface area contributed by atoms with Crippen LogP contribution in [0.3, 0.4) is 0 Å². The lowest BCUT2D eigenvalue weighted by Crippen LogP contribution is -2.62. The molecule has 0 bridgehead atoms. The van der Waals surface area contributed by atoms with E-state index in [0.29, 0.717) is 17.0 Å². The van der Waals surface area contributed by atoms with Crippen LogP contribution in [0.15, 0.2) is 28.7 Å². The number of benzene rings is 1. The first kappa shape index (κ1) is 16.5. The van der Waals surface area contributed by atoms with Crippen LogP contribution >= 0.6 is 15.9 Å². The Morgan fingerprint density at radius 3 is 2.40 bits per heavy atom. The molecule has 0 fully saturated rings. The van der Waals surface area contributed by atoms with Crippen molar-refractivity contribution >= 4 is 27.8 Å². The lowest BCUT2D eigenvalue weighted by molar-refractivity contribution is -0.206. The zero-order chi connectivity index (χ0) is 15.6. The fraction of sp³-hybridized carbons (Fsp3) is 0.333. The smallest absolute Gasteiger partial charge is 0.422 e. The normalized spacial score (nSPS) is 14.4. The van der Waals surface area contributed by atoms with Crippen molar-refractivity contribution in [2.24, 2.45) is 0 Å². The predicted octanol–water partition coefficient (Wildman–Crippen LogP) is 2.51. The molecule has 0 saturated carbocycles. The van der Waals surface area contributed by atoms with Gasteiger partial charge in [-0.15, -0.1) is 0 Å². The first-order valence-electron chi connectivity index (χ1n) is 5.42. The maximum Gasteiger partial charge on any atom is 0.422 e. The first-order valence-corrected chi connectivity index (χ1v) is 6.21. The molecule has 1 atom stereocenters. The van der Waals surface area contributed by atoms with E-state index in [1.807, 2.05) is 0 Å². The largest absolute Gasteiger partial charge is 0.479 e. The van der Waals surface area contributed by atoms with Crippen molar-refractivity contribution in [3.05, 3.63) is 34.3 Å². The van der Waals surface area contributed by atoms with Crippen LogP contribution in [-0.2, 0) is 16.0 Å². The van der Waals surface area contributed by atoms with Gasteiger partial charge in [-0.05, 0) is 24.6 Å². The van der Waals surface area contributed by atoms with E-state index in [1.54, 1.807) is 24.3 Å². The summed E-state index contributed by atoms with van der Waals surface area (Å²) in [6.07, 6.45) is -5.44. The topological polar surface area (TPSA) is 66.4 Å². The Hall–Kier alpha value is -1.57. The Labute approximate surface area is 121 Å². The Morgan fingerprint density at radius 2 is 1.95 bits per heavy atom. The zero-order valence-corrected chi connectivity index (χ0v) is 11.9. The summed E-state index contributed by atoms with van der Waals surface area (Å²) in [6.45, 7) is 0.411. The van der Waals surface area contributed by atoms with Gasteiger partial charge in [-0.25, -0.2) is 4.79 Å². The molecule has 1 aromatic rings. The minimum absolute atomic E-state index is 0.349. The van der Waals surface area contributed by atoms with E-state index in [-0.39, 0.29) is 6.42 Å². The van der Waals surface area contributed by atoms with Gasteiger partial charge in [0.1, 0.15) is 0 Å². The lowest BCUT2D eigenvalue weighted by Gasteiger charge is -2.28. The van der Waals surface area contributed by atoms with E-state index in [9.17, 15) is 22.8 Å². The number of carbonyl (C=O) groups is 2. The monoisotopic (exact) mass is 353 g/mol. The van der Waals surface area contributed by atoms with Gasteiger partial charge >= 0.3 is 12.1 Å². The fourth-order valence-corrected chi connectivity index (χ4v) is 1.85. The number of aliphatic carboxylic acids is 1. The summed E-state index contributed by atoms with van der Waals surface area (Å²) >= 11 is 3.16. The number of carboxylic acid groups (broad SMARTS) is 1. The van der Waals surface area contributed by atoms with E-state index < -0.39 is 23.6 Å². The number of carbonyl (C=O) groups excluding carboxylic acids is 1. The highest BCUT2D eigenvalue weighted by Gasteiger charge is 2.58. The third-order valence-corrected chi connectivity index (χ3v) is 3.13. The molecule has 1 aromatic carbocycles. The third kappa shape index (κ3) is 3.72. The number of alkyl halides is 3. The number of halogens is 4. The van der Waals surface area contributed by atoms with E-state index >= 15 is 0 Å². The maximum absolute atomic E-state index is 12.7. The quantitative estimate of drug-likeness (QED) is 0.873. The molecule has 1 rings (SSSR count). The summed E-state index contributed by atoms with van der Waals surface area (Å²) in [6, 6.07) is 6.42. The number of hydrogen-bond acceptors (Lipinski definition) is 2. The number of nitrogens with one attached hydrogen (secondary N) is 1. The first-order chi connectivity index (χ1) is 9.06. The Morgan fingerprint density at radius 1 is 1.35 bits per heavy atom. The highest BCUT2D eigenvalue weighted by atomic mass is 79.9. The van der Waals surface area contributed by atoms with Crippen LogP contribution in [0.2, 0.25) is 0 Å². The van der Waals surface area contributed by atoms with Gasteiger partial charge in [-0.1, -0.05) is 28.1 Å². The molecule has 0 aliphatic heterocycles. The molecule has 4 nitrogen and oxygen atoms in total. The summed E-state index contributed by atoms with van der Waals surface area (Å²) < 4.78 is 38.8. The van der Waals surface area contributed by atoms with E-state index in [0.717, 1.165) is 0 Å². The van der Waals surface area contributed by atoms with Crippen molar-refractivity contribution < 1.29 is 27.9 Å². The lowest BCUT2D eigenvalue weighted by atomic mass is 10.0. The minimum Gasteiger partial charge on any atom is -0.479 e. The van der Waals surface area contributed by atoms with Crippen LogP contribution < -0.4 is 5.32 Å². The Kier molecular flexibility index (Phi) is 4.80. The van der Waals surface area contributed by atoms with Gasteiger partial charge in [-0.2, -0.15) is 13.2 Å². The number of hydrogen-bond donors (Lipinski definition) is 2. The number of amides is 1. The molecular weight excluding hydrogens is 343 g/mol. The van der Waals surface area contributed by atoms with Gasteiger partial charge in [0.25, 0.3) is 0 Å². The Bertz CT molecular complexity index is 533. The van der Waals surface area contributed by atoms with E-state index in [1.165, 1.54) is 5.32 Å². The average molecular weight is 354 g/mol. The standard InChI is InChI=1S/C12H11BrF3NO3/c1-11(10(19)20,12(14,15)16)17-9(18)6-7-3-2-4-8(13)5-7/h2-5H,6H2,1H3,(H,17,18)(H,19,20). The predicted molar refractivity (Wildman–Crippen MR) is 68.1 cm³/mol. The fourth-order valence-electron chi connectivity index (χ4n) is 1.40. The van der Waals surface area contributed by atoms with Crippen molar-refractivity contribution in [3.8, 4) is 0 Å². The van der Waals surface area contributed by atoms with Gasteiger partial charge in [0.05, 0.1) is 6.42 Å². The number of rotatable bonds is 4. The highest BCUT2D eigenvalue weighted by molar-refractivity contribution is 9.10. The molecule has 8 heteroatoms. The van der Waals surface area contributed by atoms with E-state index in [2.05, 4.69) is 15.9 Å².